The summed E-state index contributed by atoms with van der Waals surface area (Å²) in [6, 6.07) is 26.6. The van der Waals surface area contributed by atoms with Crippen LogP contribution in [0.5, 0.6) is 0 Å². The minimum Gasteiger partial charge on any atom is -0.387 e. The number of unbranched alkanes of at least 4 members (excludes halogenated alkanes) is 6. The van der Waals surface area contributed by atoms with E-state index >= 15 is 0 Å². The normalized spacial score (nSPS) is 20.6. The number of imidazole rings is 2. The van der Waals surface area contributed by atoms with Gasteiger partial charge in [-0.1, -0.05) is 136 Å². The van der Waals surface area contributed by atoms with Crippen LogP contribution in [0.4, 0.5) is 5.82 Å². The number of hydrogen-bond donors (Lipinski definition) is 5. The first kappa shape index (κ1) is 80.8. The number of aliphatic hydroxyl groups is 2. The topological polar surface area (TPSA) is 244 Å². The van der Waals surface area contributed by atoms with Crippen molar-refractivity contribution >= 4 is 104 Å². The molecule has 3 aliphatic heterocycles. The molecule has 0 spiro atoms. The first-order valence-corrected chi connectivity index (χ1v) is 40.1. The maximum atomic E-state index is 14.7. The van der Waals surface area contributed by atoms with Crippen molar-refractivity contribution in [2.75, 3.05) is 70.8 Å². The zero-order valence-corrected chi connectivity index (χ0v) is 65.5. The molecule has 7 aromatic rings. The van der Waals surface area contributed by atoms with Crippen molar-refractivity contribution in [1.82, 2.24) is 54.4 Å². The number of carbonyl (C=O) groups is 5. The maximum Gasteiger partial charge on any atom is 0.246 e. The molecule has 1 saturated carbocycles. The van der Waals surface area contributed by atoms with Gasteiger partial charge in [-0.15, -0.1) is 0 Å². The van der Waals surface area contributed by atoms with Crippen LogP contribution in [0.25, 0.3) is 34.3 Å². The van der Waals surface area contributed by atoms with E-state index in [9.17, 15) is 34.2 Å². The molecule has 4 aromatic carbocycles. The fraction of sp³-hybridized carbons (Fsp3) is 0.536. The van der Waals surface area contributed by atoms with Gasteiger partial charge in [0.25, 0.3) is 0 Å². The number of nitrogens with zero attached hydrogens (tertiary/aromatic N) is 9. The highest BCUT2D eigenvalue weighted by Gasteiger charge is 2.47. The van der Waals surface area contributed by atoms with Crippen molar-refractivity contribution in [3.8, 4) is 0 Å². The number of benzene rings is 4. The monoisotopic (exact) mass is 1520 g/mol. The minimum atomic E-state index is -1.18. The molecular formula is C84H109Cl3N12O8. The van der Waals surface area contributed by atoms with E-state index in [2.05, 4.69) is 98.1 Å². The standard InChI is InChI=1S/C84H109Cl3N12O8/c1-55(2)98(64-45-60(46-64)29-34-74-92-70-33-30-63(84(4,5)6)49-71(70)93-74)52-73-78(104)79(105)83(107-73)99-54-91-76-80(89-53-90-81(76)99)88-35-16-11-14-22-65(100)23-18-24-66(101)25-19-37-96-40-38-95(39-41-96)36-17-9-7-8-15-26-75(102)94-72(48-57-20-12-10-13-21-57)82(106)97-50-61(43-58-27-31-67(85)56(3)42-58)77(103)62(51-97)44-59-28-32-68(86)69(87)47-59/h10,12-13,20-21,27-28,30-33,42-44,47,49,53-55,60,64,72-73,78-79,83,104-105H,7-9,11,14-19,22-26,29,34-41,45-46,48,50-52H2,1-6H3,(H,92,93)(H,94,102)(H,88,89,90)/b61-43+,62-44+/t60?,64?,72-,73+,78?,79-,83+/m0/s1. The fourth-order valence-corrected chi connectivity index (χ4v) is 15.8. The number of anilines is 1. The number of likely N-dealkylation sites (tertiary alicyclic amines) is 1. The predicted octanol–water partition coefficient (Wildman–Crippen LogP) is 14.3. The van der Waals surface area contributed by atoms with Crippen molar-refractivity contribution in [2.24, 2.45) is 5.92 Å². The number of H-pyrrole nitrogens is 1. The Labute approximate surface area is 645 Å². The molecule has 3 saturated heterocycles. The summed E-state index contributed by atoms with van der Waals surface area (Å²) in [5.41, 5.74) is 8.60. The zero-order valence-electron chi connectivity index (χ0n) is 63.2. The number of halogens is 3. The van der Waals surface area contributed by atoms with Gasteiger partial charge >= 0.3 is 0 Å². The van der Waals surface area contributed by atoms with Crippen LogP contribution in [-0.2, 0) is 47.0 Å². The van der Waals surface area contributed by atoms with Crippen LogP contribution in [0.15, 0.2) is 109 Å². The molecular weight excluding hydrogens is 1410 g/mol. The van der Waals surface area contributed by atoms with Gasteiger partial charge in [0.2, 0.25) is 11.8 Å². The van der Waals surface area contributed by atoms with Crippen molar-refractivity contribution < 1.29 is 38.9 Å². The zero-order chi connectivity index (χ0) is 75.7. The molecule has 4 fully saturated rings. The Kier molecular flexibility index (Phi) is 29.0. The van der Waals surface area contributed by atoms with Crippen molar-refractivity contribution in [1.29, 1.82) is 0 Å². The third kappa shape index (κ3) is 22.5. The lowest BCUT2D eigenvalue weighted by Gasteiger charge is -2.46. The summed E-state index contributed by atoms with van der Waals surface area (Å²) in [5.74, 6) is 1.97. The van der Waals surface area contributed by atoms with Gasteiger partial charge in [0.1, 0.15) is 48.1 Å². The Balaban J connectivity index is 0.517. The first-order chi connectivity index (χ1) is 51.5. The summed E-state index contributed by atoms with van der Waals surface area (Å²) in [4.78, 5) is 99.2. The van der Waals surface area contributed by atoms with E-state index in [0.717, 1.165) is 150 Å². The predicted molar refractivity (Wildman–Crippen MR) is 426 cm³/mol. The average Bonchev–Trinajstić information content (AvgIpc) is 1.64. The lowest BCUT2D eigenvalue weighted by molar-refractivity contribution is -0.136. The van der Waals surface area contributed by atoms with Gasteiger partial charge in [0.05, 0.1) is 27.4 Å². The van der Waals surface area contributed by atoms with E-state index in [1.54, 1.807) is 52.2 Å². The summed E-state index contributed by atoms with van der Waals surface area (Å²) < 4.78 is 8.16. The summed E-state index contributed by atoms with van der Waals surface area (Å²) >= 11 is 18.9. The van der Waals surface area contributed by atoms with E-state index in [-0.39, 0.29) is 53.7 Å². The second kappa shape index (κ2) is 38.4. The summed E-state index contributed by atoms with van der Waals surface area (Å²) in [5, 5.41) is 30.6. The van der Waals surface area contributed by atoms with Gasteiger partial charge < -0.3 is 45.3 Å². The van der Waals surface area contributed by atoms with Gasteiger partial charge in [0, 0.05) is 126 Å². The molecule has 0 bridgehead atoms. The number of nitrogens with one attached hydrogen (secondary N) is 3. The number of ether oxygens (including phenoxy) is 1. The number of piperazine rings is 1. The third-order valence-electron chi connectivity index (χ3n) is 21.8. The highest BCUT2D eigenvalue weighted by atomic mass is 35.5. The number of aryl methyl sites for hydroxylation is 2. The van der Waals surface area contributed by atoms with Gasteiger partial charge in [-0.2, -0.15) is 0 Å². The molecule has 4 aliphatic rings. The number of aromatic nitrogens is 6. The average molecular weight is 1520 g/mol. The Morgan fingerprint density at radius 1 is 0.720 bits per heavy atom. The van der Waals surface area contributed by atoms with Crippen LogP contribution in [0, 0.1) is 12.8 Å². The number of fused-ring (bicyclic) bond motifs is 2. The number of aliphatic hydroxyl groups excluding tert-OH is 2. The van der Waals surface area contributed by atoms with Crippen molar-refractivity contribution in [3.05, 3.63) is 157 Å². The van der Waals surface area contributed by atoms with Gasteiger partial charge in [-0.25, -0.2) is 19.9 Å². The van der Waals surface area contributed by atoms with Gasteiger partial charge in [-0.3, -0.25) is 33.4 Å². The number of amides is 2. The Morgan fingerprint density at radius 2 is 1.36 bits per heavy atom. The molecule has 107 heavy (non-hydrogen) atoms. The molecule has 2 amide bonds. The second-order valence-electron chi connectivity index (χ2n) is 31.4. The Bertz CT molecular complexity index is 4160. The fourth-order valence-electron chi connectivity index (χ4n) is 15.4. The van der Waals surface area contributed by atoms with E-state index in [0.29, 0.717) is 125 Å². The van der Waals surface area contributed by atoms with Crippen LogP contribution < -0.4 is 10.6 Å². The van der Waals surface area contributed by atoms with Gasteiger partial charge in [-0.05, 0) is 173 Å². The highest BCUT2D eigenvalue weighted by molar-refractivity contribution is 6.42. The minimum absolute atomic E-state index is 0.0521. The quantitative estimate of drug-likeness (QED) is 0.0179. The summed E-state index contributed by atoms with van der Waals surface area (Å²) in [6.07, 6.45) is 18.1. The molecule has 3 aromatic heterocycles. The van der Waals surface area contributed by atoms with E-state index in [1.807, 2.05) is 49.4 Å². The molecule has 5 N–H and O–H groups in total. The van der Waals surface area contributed by atoms with E-state index in [4.69, 9.17) is 44.5 Å². The van der Waals surface area contributed by atoms with Crippen LogP contribution >= 0.6 is 34.8 Å². The molecule has 20 nitrogen and oxygen atoms in total. The molecule has 23 heteroatoms. The van der Waals surface area contributed by atoms with Gasteiger partial charge in [0.15, 0.2) is 29.0 Å². The summed E-state index contributed by atoms with van der Waals surface area (Å²) in [7, 11) is 0. The number of hydrogen-bond acceptors (Lipinski definition) is 16. The lowest BCUT2D eigenvalue weighted by Crippen LogP contribution is -2.52. The third-order valence-corrected chi connectivity index (χ3v) is 23.0. The number of Topliss-reactive ketones (excluding diaryl/α,β-unsaturated/α-hetero) is 3. The summed E-state index contributed by atoms with van der Waals surface area (Å²) in [6.45, 7) is 20.1. The molecule has 5 atom stereocenters. The number of ketones is 3. The molecule has 6 heterocycles. The van der Waals surface area contributed by atoms with Crippen molar-refractivity contribution in [3.63, 3.8) is 0 Å². The highest BCUT2D eigenvalue weighted by Crippen LogP contribution is 2.40. The van der Waals surface area contributed by atoms with E-state index in [1.165, 1.54) is 11.9 Å². The number of carbonyl (C=O) groups excluding carboxylic acids is 5. The lowest BCUT2D eigenvalue weighted by atomic mass is 9.76. The largest absolute Gasteiger partial charge is 0.387 e. The number of aromatic amines is 1. The van der Waals surface area contributed by atoms with E-state index < -0.39 is 30.6 Å². The molecule has 574 valence electrons. The number of rotatable bonds is 37. The second-order valence-corrected chi connectivity index (χ2v) is 32.6. The van der Waals surface area contributed by atoms with Crippen LogP contribution in [0.1, 0.15) is 190 Å². The number of piperidine rings is 1. The maximum absolute atomic E-state index is 14.7. The molecule has 1 aliphatic carbocycles. The van der Waals surface area contributed by atoms with Crippen LogP contribution in [-0.4, -0.2) is 190 Å². The van der Waals surface area contributed by atoms with Crippen molar-refractivity contribution in [2.45, 2.75) is 218 Å². The van der Waals surface area contributed by atoms with Crippen LogP contribution in [0.3, 0.4) is 0 Å². The molecule has 11 rings (SSSR count). The Morgan fingerprint density at radius 3 is 2.06 bits per heavy atom. The first-order valence-electron chi connectivity index (χ1n) is 38.9. The molecule has 1 unspecified atom stereocenters. The van der Waals surface area contributed by atoms with Crippen LogP contribution in [0.2, 0.25) is 15.1 Å². The Hall–Kier alpha value is -7.24. The SMILES string of the molecule is Cc1cc(/C=C2\CN(C(=O)[C@H](Cc3ccccc3)NC(=O)CCCCCCCN3CCN(CCCC(=O)CCCC(=O)CCCCCNc4ncnc5c4ncn5[C@@H]4O[C@H](CN(C(C)C)C5CC(CCc6nc7ccc(C(C)(C)C)cc7[nH]6)C5)C(O)[C@@H]4O)CC3)C/C(=C\c3ccc(Cl)c(Cl)c3)C2=O)ccc1Cl. The smallest absolute Gasteiger partial charge is 0.246 e. The molecule has 0 radical (unpaired) electrons.